The Morgan fingerprint density at radius 3 is 2.71 bits per heavy atom. The quantitative estimate of drug-likeness (QED) is 0.703. The van der Waals surface area contributed by atoms with Crippen LogP contribution in [0.25, 0.3) is 0 Å². The molecule has 1 aliphatic heterocycles. The molecule has 2 aromatic rings. The standard InChI is InChI=1S/C21H24F2N2O3/c22-19-6-5-16(13-20(19)23)14-21(26)24-17-3-1-4-18(15-17)28-10-2-7-25-8-11-27-12-9-25/h1,3-6,13,15H,2,7-12,14H2,(H,24,26). The molecule has 5 nitrogen and oxygen atoms in total. The predicted molar refractivity (Wildman–Crippen MR) is 103 cm³/mol. The van der Waals surface area contributed by atoms with Gasteiger partial charge in [0.15, 0.2) is 11.6 Å². The Morgan fingerprint density at radius 2 is 1.93 bits per heavy atom. The summed E-state index contributed by atoms with van der Waals surface area (Å²) in [5.74, 6) is -1.52. The van der Waals surface area contributed by atoms with E-state index in [-0.39, 0.29) is 12.3 Å². The van der Waals surface area contributed by atoms with Gasteiger partial charge in [0.2, 0.25) is 5.91 Å². The molecule has 0 unspecified atom stereocenters. The Bertz CT molecular complexity index is 795. The molecule has 0 bridgehead atoms. The molecule has 1 amide bonds. The van der Waals surface area contributed by atoms with Gasteiger partial charge in [-0.25, -0.2) is 8.78 Å². The third-order valence-electron chi connectivity index (χ3n) is 4.46. The van der Waals surface area contributed by atoms with Crippen molar-refractivity contribution in [3.8, 4) is 5.75 Å². The van der Waals surface area contributed by atoms with Crippen LogP contribution >= 0.6 is 0 Å². The summed E-state index contributed by atoms with van der Waals surface area (Å²) in [6.07, 6.45) is 0.870. The number of nitrogens with zero attached hydrogens (tertiary/aromatic N) is 1. The van der Waals surface area contributed by atoms with E-state index in [1.807, 2.05) is 6.07 Å². The van der Waals surface area contributed by atoms with E-state index in [0.29, 0.717) is 23.6 Å². The van der Waals surface area contributed by atoms with Crippen molar-refractivity contribution >= 4 is 11.6 Å². The maximum atomic E-state index is 13.2. The summed E-state index contributed by atoms with van der Waals surface area (Å²) in [4.78, 5) is 14.5. The van der Waals surface area contributed by atoms with Crippen LogP contribution in [0.15, 0.2) is 42.5 Å². The van der Waals surface area contributed by atoms with E-state index in [9.17, 15) is 13.6 Å². The Hall–Kier alpha value is -2.51. The smallest absolute Gasteiger partial charge is 0.228 e. The van der Waals surface area contributed by atoms with E-state index in [4.69, 9.17) is 9.47 Å². The highest BCUT2D eigenvalue weighted by Gasteiger charge is 2.10. The Balaban J connectivity index is 1.44. The Kier molecular flexibility index (Phi) is 7.33. The van der Waals surface area contributed by atoms with Crippen LogP contribution in [-0.2, 0) is 16.0 Å². The number of halogens is 2. The molecule has 1 heterocycles. The van der Waals surface area contributed by atoms with Crippen molar-refractivity contribution in [3.63, 3.8) is 0 Å². The van der Waals surface area contributed by atoms with Crippen LogP contribution in [0, 0.1) is 11.6 Å². The number of hydrogen-bond acceptors (Lipinski definition) is 4. The molecule has 3 rings (SSSR count). The molecule has 1 saturated heterocycles. The number of amides is 1. The van der Waals surface area contributed by atoms with E-state index in [1.54, 1.807) is 18.2 Å². The van der Waals surface area contributed by atoms with Crippen molar-refractivity contribution in [2.24, 2.45) is 0 Å². The van der Waals surface area contributed by atoms with E-state index >= 15 is 0 Å². The average Bonchev–Trinajstić information content (AvgIpc) is 2.69. The van der Waals surface area contributed by atoms with Crippen LogP contribution in [0.2, 0.25) is 0 Å². The van der Waals surface area contributed by atoms with Gasteiger partial charge in [0.1, 0.15) is 5.75 Å². The van der Waals surface area contributed by atoms with Gasteiger partial charge in [-0.2, -0.15) is 0 Å². The monoisotopic (exact) mass is 390 g/mol. The average molecular weight is 390 g/mol. The molecule has 0 spiro atoms. The van der Waals surface area contributed by atoms with Gasteiger partial charge in [0.05, 0.1) is 26.2 Å². The number of hydrogen-bond donors (Lipinski definition) is 1. The van der Waals surface area contributed by atoms with Crippen LogP contribution in [-0.4, -0.2) is 50.3 Å². The van der Waals surface area contributed by atoms with Gasteiger partial charge >= 0.3 is 0 Å². The molecule has 1 aliphatic rings. The topological polar surface area (TPSA) is 50.8 Å². The lowest BCUT2D eigenvalue weighted by Gasteiger charge is -2.26. The molecular weight excluding hydrogens is 366 g/mol. The van der Waals surface area contributed by atoms with Gasteiger partial charge in [-0.15, -0.1) is 0 Å². The first-order valence-corrected chi connectivity index (χ1v) is 9.37. The van der Waals surface area contributed by atoms with Gasteiger partial charge in [-0.3, -0.25) is 9.69 Å². The van der Waals surface area contributed by atoms with E-state index < -0.39 is 11.6 Å². The van der Waals surface area contributed by atoms with Gasteiger partial charge in [-0.1, -0.05) is 12.1 Å². The largest absolute Gasteiger partial charge is 0.493 e. The maximum Gasteiger partial charge on any atom is 0.228 e. The number of ether oxygens (including phenoxy) is 2. The minimum absolute atomic E-state index is 0.0398. The predicted octanol–water partition coefficient (Wildman–Crippen LogP) is 3.25. The van der Waals surface area contributed by atoms with E-state index in [1.165, 1.54) is 6.07 Å². The zero-order valence-corrected chi connectivity index (χ0v) is 15.6. The second-order valence-corrected chi connectivity index (χ2v) is 6.66. The van der Waals surface area contributed by atoms with Crippen molar-refractivity contribution in [1.82, 2.24) is 4.90 Å². The number of carbonyl (C=O) groups is 1. The van der Waals surface area contributed by atoms with Crippen molar-refractivity contribution in [2.75, 3.05) is 44.8 Å². The zero-order chi connectivity index (χ0) is 19.8. The maximum absolute atomic E-state index is 13.2. The summed E-state index contributed by atoms with van der Waals surface area (Å²) in [5.41, 5.74) is 1.00. The molecule has 0 saturated carbocycles. The molecule has 0 aliphatic carbocycles. The van der Waals surface area contributed by atoms with Crippen LogP contribution in [0.1, 0.15) is 12.0 Å². The van der Waals surface area contributed by atoms with Crippen LogP contribution in [0.3, 0.4) is 0 Å². The van der Waals surface area contributed by atoms with Crippen molar-refractivity contribution < 1.29 is 23.0 Å². The molecule has 1 N–H and O–H groups in total. The summed E-state index contributed by atoms with van der Waals surface area (Å²) in [5, 5.41) is 2.75. The fourth-order valence-corrected chi connectivity index (χ4v) is 3.01. The number of morpholine rings is 1. The minimum atomic E-state index is -0.960. The fourth-order valence-electron chi connectivity index (χ4n) is 3.01. The zero-order valence-electron chi connectivity index (χ0n) is 15.6. The summed E-state index contributed by atoms with van der Waals surface area (Å²) >= 11 is 0. The first kappa shape index (κ1) is 20.2. The van der Waals surface area contributed by atoms with Crippen LogP contribution in [0.4, 0.5) is 14.5 Å². The number of carbonyl (C=O) groups excluding carboxylic acids is 1. The number of anilines is 1. The molecule has 150 valence electrons. The molecule has 0 radical (unpaired) electrons. The molecule has 7 heteroatoms. The third-order valence-corrected chi connectivity index (χ3v) is 4.46. The number of nitrogens with one attached hydrogen (secondary N) is 1. The highest BCUT2D eigenvalue weighted by atomic mass is 19.2. The summed E-state index contributed by atoms with van der Waals surface area (Å²) in [6.45, 7) is 5.04. The lowest BCUT2D eigenvalue weighted by Crippen LogP contribution is -2.37. The van der Waals surface area contributed by atoms with Crippen molar-refractivity contribution in [1.29, 1.82) is 0 Å². The summed E-state index contributed by atoms with van der Waals surface area (Å²) in [7, 11) is 0. The normalized spacial score (nSPS) is 14.6. The molecule has 0 aromatic heterocycles. The number of benzene rings is 2. The molecule has 2 aromatic carbocycles. The Morgan fingerprint density at radius 1 is 1.11 bits per heavy atom. The van der Waals surface area contributed by atoms with E-state index in [2.05, 4.69) is 10.2 Å². The SMILES string of the molecule is O=C(Cc1ccc(F)c(F)c1)Nc1cccc(OCCCN2CCOCC2)c1. The van der Waals surface area contributed by atoms with Gasteiger partial charge in [0.25, 0.3) is 0 Å². The molecule has 0 atom stereocenters. The van der Waals surface area contributed by atoms with E-state index in [0.717, 1.165) is 51.4 Å². The van der Waals surface area contributed by atoms with Gasteiger partial charge in [0, 0.05) is 31.4 Å². The second-order valence-electron chi connectivity index (χ2n) is 6.66. The highest BCUT2D eigenvalue weighted by Crippen LogP contribution is 2.18. The van der Waals surface area contributed by atoms with Crippen LogP contribution < -0.4 is 10.1 Å². The van der Waals surface area contributed by atoms with Gasteiger partial charge in [-0.05, 0) is 36.2 Å². The Labute approximate surface area is 163 Å². The summed E-state index contributed by atoms with van der Waals surface area (Å²) in [6, 6.07) is 10.6. The second kappa shape index (κ2) is 10.1. The lowest BCUT2D eigenvalue weighted by molar-refractivity contribution is -0.115. The fraction of sp³-hybridized carbons (Fsp3) is 0.381. The first-order valence-electron chi connectivity index (χ1n) is 9.37. The molecular formula is C21H24F2N2O3. The number of rotatable bonds is 8. The lowest BCUT2D eigenvalue weighted by atomic mass is 10.1. The first-order chi connectivity index (χ1) is 13.6. The van der Waals surface area contributed by atoms with Gasteiger partial charge < -0.3 is 14.8 Å². The minimum Gasteiger partial charge on any atom is -0.493 e. The molecule has 1 fully saturated rings. The summed E-state index contributed by atoms with van der Waals surface area (Å²) < 4.78 is 37.3. The van der Waals surface area contributed by atoms with Crippen molar-refractivity contribution in [2.45, 2.75) is 12.8 Å². The molecule has 28 heavy (non-hydrogen) atoms. The van der Waals surface area contributed by atoms with Crippen LogP contribution in [0.5, 0.6) is 5.75 Å². The third kappa shape index (κ3) is 6.28. The van der Waals surface area contributed by atoms with Crippen molar-refractivity contribution in [3.05, 3.63) is 59.7 Å². The highest BCUT2D eigenvalue weighted by molar-refractivity contribution is 5.92.